The van der Waals surface area contributed by atoms with Crippen molar-refractivity contribution in [2.24, 2.45) is 4.99 Å². The van der Waals surface area contributed by atoms with Gasteiger partial charge in [-0.25, -0.2) is 9.79 Å². The van der Waals surface area contributed by atoms with E-state index in [9.17, 15) is 4.79 Å². The molecular formula is C11H9NO2S. The zero-order valence-corrected chi connectivity index (χ0v) is 8.70. The van der Waals surface area contributed by atoms with Crippen molar-refractivity contribution in [2.45, 2.75) is 17.9 Å². The lowest BCUT2D eigenvalue weighted by Crippen LogP contribution is -2.21. The summed E-state index contributed by atoms with van der Waals surface area (Å²) in [6, 6.07) is 9.50. The van der Waals surface area contributed by atoms with Crippen LogP contribution in [-0.2, 0) is 4.79 Å². The smallest absolute Gasteiger partial charge is 0.333 e. The highest BCUT2D eigenvalue weighted by Gasteiger charge is 2.61. The first kappa shape index (κ1) is 10.0. The van der Waals surface area contributed by atoms with Crippen LogP contribution in [0.25, 0.3) is 0 Å². The van der Waals surface area contributed by atoms with Gasteiger partial charge in [0.05, 0.1) is 5.16 Å². The van der Waals surface area contributed by atoms with Gasteiger partial charge in [0.1, 0.15) is 0 Å². The summed E-state index contributed by atoms with van der Waals surface area (Å²) in [6.07, 6.45) is 0.510. The van der Waals surface area contributed by atoms with Crippen LogP contribution in [0.15, 0.2) is 35.3 Å². The molecule has 1 aliphatic carbocycles. The maximum Gasteiger partial charge on any atom is 0.333 e. The van der Waals surface area contributed by atoms with Gasteiger partial charge in [-0.05, 0) is 24.2 Å². The molecule has 1 aliphatic rings. The molecule has 0 aromatic heterocycles. The molecule has 0 aliphatic heterocycles. The Morgan fingerprint density at radius 3 is 2.73 bits per heavy atom. The quantitative estimate of drug-likeness (QED) is 0.625. The first-order chi connectivity index (χ1) is 7.20. The van der Waals surface area contributed by atoms with E-state index in [2.05, 4.69) is 22.4 Å². The van der Waals surface area contributed by atoms with Crippen molar-refractivity contribution in [2.75, 3.05) is 0 Å². The van der Waals surface area contributed by atoms with Gasteiger partial charge in [0, 0.05) is 5.92 Å². The highest BCUT2D eigenvalue weighted by molar-refractivity contribution is 7.78. The summed E-state index contributed by atoms with van der Waals surface area (Å²) < 4.78 is 0. The van der Waals surface area contributed by atoms with E-state index in [1.165, 1.54) is 0 Å². The van der Waals surface area contributed by atoms with Gasteiger partial charge in [0.15, 0.2) is 5.54 Å². The number of benzene rings is 1. The number of isothiocyanates is 1. The van der Waals surface area contributed by atoms with Crippen molar-refractivity contribution in [3.63, 3.8) is 0 Å². The lowest BCUT2D eigenvalue weighted by Gasteiger charge is -2.04. The fourth-order valence-electron chi connectivity index (χ4n) is 1.82. The third-order valence-electron chi connectivity index (χ3n) is 2.75. The molecule has 4 heteroatoms. The molecule has 76 valence electrons. The summed E-state index contributed by atoms with van der Waals surface area (Å²) in [6.45, 7) is 0. The van der Waals surface area contributed by atoms with Gasteiger partial charge >= 0.3 is 5.97 Å². The van der Waals surface area contributed by atoms with E-state index in [1.807, 2.05) is 30.3 Å². The standard InChI is InChI=1S/C11H9NO2S/c13-10(14)11(12-7-15)6-9(11)8-4-2-1-3-5-8/h1-5,9H,6H2,(H,13,14)/t9-,11-/m0/s1. The van der Waals surface area contributed by atoms with Crippen LogP contribution < -0.4 is 0 Å². The normalized spacial score (nSPS) is 27.9. The van der Waals surface area contributed by atoms with Crippen molar-refractivity contribution in [3.05, 3.63) is 35.9 Å². The summed E-state index contributed by atoms with van der Waals surface area (Å²) in [5, 5.41) is 11.3. The van der Waals surface area contributed by atoms with E-state index in [4.69, 9.17) is 5.11 Å². The van der Waals surface area contributed by atoms with Crippen molar-refractivity contribution < 1.29 is 9.90 Å². The molecule has 0 spiro atoms. The van der Waals surface area contributed by atoms with Gasteiger partial charge in [-0.1, -0.05) is 30.3 Å². The largest absolute Gasteiger partial charge is 0.479 e. The van der Waals surface area contributed by atoms with Crippen molar-refractivity contribution in [1.82, 2.24) is 0 Å². The topological polar surface area (TPSA) is 49.7 Å². The monoisotopic (exact) mass is 219 g/mol. The van der Waals surface area contributed by atoms with Gasteiger partial charge in [-0.15, -0.1) is 0 Å². The second-order valence-corrected chi connectivity index (χ2v) is 3.78. The summed E-state index contributed by atoms with van der Waals surface area (Å²) in [5.74, 6) is -0.986. The number of carbonyl (C=O) groups is 1. The lowest BCUT2D eigenvalue weighted by molar-refractivity contribution is -0.139. The van der Waals surface area contributed by atoms with Crippen LogP contribution in [0.2, 0.25) is 0 Å². The third-order valence-corrected chi connectivity index (χ3v) is 2.84. The Labute approximate surface area is 92.5 Å². The molecular weight excluding hydrogens is 210 g/mol. The van der Waals surface area contributed by atoms with Crippen LogP contribution in [0, 0.1) is 0 Å². The van der Waals surface area contributed by atoms with Gasteiger partial charge < -0.3 is 5.11 Å². The molecule has 1 aromatic rings. The van der Waals surface area contributed by atoms with Crippen LogP contribution in [0.4, 0.5) is 0 Å². The molecule has 0 radical (unpaired) electrons. The Balaban J connectivity index is 2.31. The molecule has 0 unspecified atom stereocenters. The predicted molar refractivity (Wildman–Crippen MR) is 59.2 cm³/mol. The summed E-state index contributed by atoms with van der Waals surface area (Å²) >= 11 is 4.48. The predicted octanol–water partition coefficient (Wildman–Crippen LogP) is 2.10. The maximum absolute atomic E-state index is 11.1. The zero-order chi connectivity index (χ0) is 10.9. The van der Waals surface area contributed by atoms with Crippen molar-refractivity contribution in [1.29, 1.82) is 0 Å². The van der Waals surface area contributed by atoms with E-state index in [0.29, 0.717) is 6.42 Å². The van der Waals surface area contributed by atoms with Gasteiger partial charge in [-0.2, -0.15) is 0 Å². The number of aliphatic carboxylic acids is 1. The van der Waals surface area contributed by atoms with E-state index in [-0.39, 0.29) is 5.92 Å². The minimum Gasteiger partial charge on any atom is -0.479 e. The first-order valence-electron chi connectivity index (χ1n) is 4.58. The SMILES string of the molecule is O=C(O)[C@]1(N=C=S)C[C@H]1c1ccccc1. The summed E-state index contributed by atoms with van der Waals surface area (Å²) in [4.78, 5) is 14.9. The number of rotatable bonds is 3. The zero-order valence-electron chi connectivity index (χ0n) is 7.88. The second kappa shape index (κ2) is 3.57. The van der Waals surface area contributed by atoms with Crippen LogP contribution in [0.3, 0.4) is 0 Å². The average Bonchev–Trinajstić information content (AvgIpc) is 2.96. The number of nitrogens with zero attached hydrogens (tertiary/aromatic N) is 1. The van der Waals surface area contributed by atoms with E-state index < -0.39 is 11.5 Å². The molecule has 1 aromatic carbocycles. The first-order valence-corrected chi connectivity index (χ1v) is 4.99. The molecule has 3 nitrogen and oxygen atoms in total. The Bertz CT molecular complexity index is 435. The third kappa shape index (κ3) is 1.58. The molecule has 1 N–H and O–H groups in total. The number of carboxylic acids is 1. The number of hydrogen-bond donors (Lipinski definition) is 1. The van der Waals surface area contributed by atoms with Crippen LogP contribution in [0.1, 0.15) is 17.9 Å². The maximum atomic E-state index is 11.1. The fourth-order valence-corrected chi connectivity index (χ4v) is 1.98. The second-order valence-electron chi connectivity index (χ2n) is 3.60. The minimum atomic E-state index is -1.05. The molecule has 2 atom stereocenters. The fraction of sp³-hybridized carbons (Fsp3) is 0.273. The minimum absolute atomic E-state index is 0.0633. The number of carboxylic acid groups (broad SMARTS) is 1. The molecule has 15 heavy (non-hydrogen) atoms. The molecule has 0 heterocycles. The van der Waals surface area contributed by atoms with Crippen LogP contribution in [-0.4, -0.2) is 21.8 Å². The molecule has 1 fully saturated rings. The summed E-state index contributed by atoms with van der Waals surface area (Å²) in [7, 11) is 0. The van der Waals surface area contributed by atoms with Gasteiger partial charge in [0.25, 0.3) is 0 Å². The number of hydrogen-bond acceptors (Lipinski definition) is 3. The Morgan fingerprint density at radius 2 is 2.20 bits per heavy atom. The average molecular weight is 219 g/mol. The van der Waals surface area contributed by atoms with E-state index >= 15 is 0 Å². The van der Waals surface area contributed by atoms with Gasteiger partial charge in [-0.3, -0.25) is 0 Å². The molecule has 0 saturated heterocycles. The van der Waals surface area contributed by atoms with Gasteiger partial charge in [0.2, 0.25) is 0 Å². The van der Waals surface area contributed by atoms with Crippen LogP contribution in [0.5, 0.6) is 0 Å². The number of thiocarbonyl (C=S) groups is 1. The van der Waals surface area contributed by atoms with E-state index in [0.717, 1.165) is 5.56 Å². The molecule has 2 rings (SSSR count). The Hall–Kier alpha value is -1.51. The van der Waals surface area contributed by atoms with Crippen LogP contribution >= 0.6 is 12.2 Å². The number of aliphatic imine (C=N–C) groups is 1. The Morgan fingerprint density at radius 1 is 1.53 bits per heavy atom. The van der Waals surface area contributed by atoms with E-state index in [1.54, 1.807) is 0 Å². The highest BCUT2D eigenvalue weighted by Crippen LogP contribution is 2.54. The lowest BCUT2D eigenvalue weighted by atomic mass is 10.1. The van der Waals surface area contributed by atoms with Crippen molar-refractivity contribution in [3.8, 4) is 0 Å². The molecule has 0 bridgehead atoms. The molecule has 1 saturated carbocycles. The highest BCUT2D eigenvalue weighted by atomic mass is 32.1. The Kier molecular flexibility index (Phi) is 2.39. The van der Waals surface area contributed by atoms with Crippen molar-refractivity contribution >= 4 is 23.3 Å². The molecule has 0 amide bonds. The summed E-state index contributed by atoms with van der Waals surface area (Å²) in [5.41, 5.74) is -0.0581.